The first-order chi connectivity index (χ1) is 8.76. The summed E-state index contributed by atoms with van der Waals surface area (Å²) in [7, 11) is 1.72. The Morgan fingerprint density at radius 3 is 2.72 bits per heavy atom. The third-order valence-corrected chi connectivity index (χ3v) is 3.83. The third-order valence-electron chi connectivity index (χ3n) is 3.83. The fourth-order valence-electron chi connectivity index (χ4n) is 2.55. The van der Waals surface area contributed by atoms with Gasteiger partial charge in [-0.2, -0.15) is 0 Å². The van der Waals surface area contributed by atoms with Crippen molar-refractivity contribution in [3.63, 3.8) is 0 Å². The van der Waals surface area contributed by atoms with E-state index in [-0.39, 0.29) is 0 Å². The first-order valence-corrected chi connectivity index (χ1v) is 6.72. The Kier molecular flexibility index (Phi) is 4.61. The molecule has 0 aliphatic carbocycles. The van der Waals surface area contributed by atoms with Crippen molar-refractivity contribution in [2.24, 2.45) is 5.73 Å². The van der Waals surface area contributed by atoms with Crippen LogP contribution in [0.15, 0.2) is 18.2 Å². The standard InChI is InChI=1S/C15H23NO2/c1-11(10-16)14-9-13(3-4-15(14)17-2)12-5-7-18-8-6-12/h3-4,9,11-12H,5-8,10,16H2,1-2H3. The lowest BCUT2D eigenvalue weighted by Crippen LogP contribution is -2.15. The van der Waals surface area contributed by atoms with Crippen molar-refractivity contribution in [1.29, 1.82) is 0 Å². The van der Waals surface area contributed by atoms with Crippen LogP contribution in [0.2, 0.25) is 0 Å². The summed E-state index contributed by atoms with van der Waals surface area (Å²) in [5, 5.41) is 0. The zero-order valence-electron chi connectivity index (χ0n) is 11.3. The Morgan fingerprint density at radius 2 is 2.11 bits per heavy atom. The van der Waals surface area contributed by atoms with Gasteiger partial charge in [-0.05, 0) is 48.4 Å². The highest BCUT2D eigenvalue weighted by atomic mass is 16.5. The van der Waals surface area contributed by atoms with E-state index in [9.17, 15) is 0 Å². The molecule has 1 atom stereocenters. The van der Waals surface area contributed by atoms with Crippen LogP contribution < -0.4 is 10.5 Å². The second kappa shape index (κ2) is 6.21. The Hall–Kier alpha value is -1.06. The van der Waals surface area contributed by atoms with Crippen LogP contribution >= 0.6 is 0 Å². The van der Waals surface area contributed by atoms with Gasteiger partial charge >= 0.3 is 0 Å². The average molecular weight is 249 g/mol. The maximum atomic E-state index is 5.78. The van der Waals surface area contributed by atoms with Gasteiger partial charge < -0.3 is 15.2 Å². The Balaban J connectivity index is 2.26. The highest BCUT2D eigenvalue weighted by molar-refractivity contribution is 5.41. The lowest BCUT2D eigenvalue weighted by Gasteiger charge is -2.24. The molecule has 100 valence electrons. The van der Waals surface area contributed by atoms with Gasteiger partial charge in [0.15, 0.2) is 0 Å². The van der Waals surface area contributed by atoms with E-state index >= 15 is 0 Å². The van der Waals surface area contributed by atoms with Crippen molar-refractivity contribution in [1.82, 2.24) is 0 Å². The van der Waals surface area contributed by atoms with Gasteiger partial charge in [-0.15, -0.1) is 0 Å². The van der Waals surface area contributed by atoms with Gasteiger partial charge in [0.25, 0.3) is 0 Å². The molecule has 0 amide bonds. The van der Waals surface area contributed by atoms with E-state index in [0.717, 1.165) is 31.8 Å². The molecule has 3 nitrogen and oxygen atoms in total. The molecule has 3 heteroatoms. The molecule has 2 rings (SSSR count). The Morgan fingerprint density at radius 1 is 1.39 bits per heavy atom. The monoisotopic (exact) mass is 249 g/mol. The lowest BCUT2D eigenvalue weighted by molar-refractivity contribution is 0.0853. The summed E-state index contributed by atoms with van der Waals surface area (Å²) in [6.07, 6.45) is 2.23. The molecule has 0 saturated carbocycles. The van der Waals surface area contributed by atoms with Gasteiger partial charge in [0.2, 0.25) is 0 Å². The molecule has 1 aliphatic rings. The molecule has 1 saturated heterocycles. The van der Waals surface area contributed by atoms with Gasteiger partial charge in [-0.3, -0.25) is 0 Å². The quantitative estimate of drug-likeness (QED) is 0.892. The molecule has 0 radical (unpaired) electrons. The SMILES string of the molecule is COc1ccc(C2CCOCC2)cc1C(C)CN. The molecule has 0 spiro atoms. The number of rotatable bonds is 4. The van der Waals surface area contributed by atoms with Crippen molar-refractivity contribution in [2.45, 2.75) is 31.6 Å². The van der Waals surface area contributed by atoms with Crippen molar-refractivity contribution in [3.05, 3.63) is 29.3 Å². The summed E-state index contributed by atoms with van der Waals surface area (Å²) < 4.78 is 10.9. The molecule has 1 aromatic rings. The first-order valence-electron chi connectivity index (χ1n) is 6.72. The van der Waals surface area contributed by atoms with Crippen LogP contribution in [0.25, 0.3) is 0 Å². The van der Waals surface area contributed by atoms with Crippen LogP contribution in [0.3, 0.4) is 0 Å². The normalized spacial score (nSPS) is 18.6. The van der Waals surface area contributed by atoms with Crippen LogP contribution in [0.5, 0.6) is 5.75 Å². The van der Waals surface area contributed by atoms with Crippen LogP contribution in [0.4, 0.5) is 0 Å². The minimum Gasteiger partial charge on any atom is -0.496 e. The highest BCUT2D eigenvalue weighted by Gasteiger charge is 2.18. The summed E-state index contributed by atoms with van der Waals surface area (Å²) >= 11 is 0. The number of benzene rings is 1. The summed E-state index contributed by atoms with van der Waals surface area (Å²) in [6, 6.07) is 6.53. The lowest BCUT2D eigenvalue weighted by atomic mass is 9.88. The summed E-state index contributed by atoms with van der Waals surface area (Å²) in [6.45, 7) is 4.54. The van der Waals surface area contributed by atoms with Crippen molar-refractivity contribution >= 4 is 0 Å². The number of hydrogen-bond donors (Lipinski definition) is 1. The molecular formula is C15H23NO2. The van der Waals surface area contributed by atoms with E-state index in [1.54, 1.807) is 7.11 Å². The molecule has 1 unspecified atom stereocenters. The summed E-state index contributed by atoms with van der Waals surface area (Å²) in [4.78, 5) is 0. The summed E-state index contributed by atoms with van der Waals surface area (Å²) in [5.74, 6) is 1.90. The highest BCUT2D eigenvalue weighted by Crippen LogP contribution is 2.33. The zero-order valence-corrected chi connectivity index (χ0v) is 11.3. The van der Waals surface area contributed by atoms with E-state index in [1.807, 2.05) is 0 Å². The molecule has 0 bridgehead atoms. The zero-order chi connectivity index (χ0) is 13.0. The molecule has 2 N–H and O–H groups in total. The smallest absolute Gasteiger partial charge is 0.122 e. The maximum Gasteiger partial charge on any atom is 0.122 e. The van der Waals surface area contributed by atoms with E-state index in [4.69, 9.17) is 15.2 Å². The maximum absolute atomic E-state index is 5.78. The molecule has 0 aromatic heterocycles. The Bertz CT molecular complexity index is 386. The second-order valence-corrected chi connectivity index (χ2v) is 5.02. The van der Waals surface area contributed by atoms with Crippen LogP contribution in [0.1, 0.15) is 42.7 Å². The van der Waals surface area contributed by atoms with E-state index in [1.165, 1.54) is 11.1 Å². The third kappa shape index (κ3) is 2.85. The fraction of sp³-hybridized carbons (Fsp3) is 0.600. The van der Waals surface area contributed by atoms with Crippen LogP contribution in [-0.4, -0.2) is 26.9 Å². The molecule has 1 fully saturated rings. The minimum absolute atomic E-state index is 0.333. The van der Waals surface area contributed by atoms with Crippen molar-refractivity contribution in [3.8, 4) is 5.75 Å². The van der Waals surface area contributed by atoms with Gasteiger partial charge in [-0.1, -0.05) is 19.1 Å². The van der Waals surface area contributed by atoms with Gasteiger partial charge in [0.05, 0.1) is 7.11 Å². The summed E-state index contributed by atoms with van der Waals surface area (Å²) in [5.41, 5.74) is 8.40. The van der Waals surface area contributed by atoms with Crippen LogP contribution in [-0.2, 0) is 4.74 Å². The number of methoxy groups -OCH3 is 1. The molecule has 1 aliphatic heterocycles. The molecular weight excluding hydrogens is 226 g/mol. The van der Waals surface area contributed by atoms with E-state index in [0.29, 0.717) is 18.4 Å². The van der Waals surface area contributed by atoms with E-state index < -0.39 is 0 Å². The predicted octanol–water partition coefficient (Wildman–Crippen LogP) is 2.65. The topological polar surface area (TPSA) is 44.5 Å². The minimum atomic E-state index is 0.333. The second-order valence-electron chi connectivity index (χ2n) is 5.02. The molecule has 18 heavy (non-hydrogen) atoms. The Labute approximate surface area is 109 Å². The van der Waals surface area contributed by atoms with Crippen molar-refractivity contribution < 1.29 is 9.47 Å². The fourth-order valence-corrected chi connectivity index (χ4v) is 2.55. The van der Waals surface area contributed by atoms with E-state index in [2.05, 4.69) is 25.1 Å². The molecule has 1 heterocycles. The largest absolute Gasteiger partial charge is 0.496 e. The number of hydrogen-bond acceptors (Lipinski definition) is 3. The van der Waals surface area contributed by atoms with Crippen LogP contribution in [0, 0.1) is 0 Å². The van der Waals surface area contributed by atoms with Gasteiger partial charge in [-0.25, -0.2) is 0 Å². The number of nitrogens with two attached hydrogens (primary N) is 1. The molecule has 1 aromatic carbocycles. The van der Waals surface area contributed by atoms with Crippen molar-refractivity contribution in [2.75, 3.05) is 26.9 Å². The van der Waals surface area contributed by atoms with Gasteiger partial charge in [0.1, 0.15) is 5.75 Å². The van der Waals surface area contributed by atoms with Gasteiger partial charge in [0, 0.05) is 13.2 Å². The number of ether oxygens (including phenoxy) is 2. The first kappa shape index (κ1) is 13.4. The average Bonchev–Trinajstić information content (AvgIpc) is 2.46. The predicted molar refractivity (Wildman–Crippen MR) is 73.3 cm³/mol.